The molecule has 2 N–H and O–H groups in total. The molecule has 1 amide bonds. The van der Waals surface area contributed by atoms with Gasteiger partial charge in [-0.15, -0.1) is 12.4 Å². The fourth-order valence-electron chi connectivity index (χ4n) is 3.71. The van der Waals surface area contributed by atoms with Gasteiger partial charge in [-0.2, -0.15) is 0 Å². The van der Waals surface area contributed by atoms with Crippen molar-refractivity contribution in [3.05, 3.63) is 35.4 Å². The highest BCUT2D eigenvalue weighted by Crippen LogP contribution is 2.41. The molecule has 1 aliphatic heterocycles. The van der Waals surface area contributed by atoms with Crippen molar-refractivity contribution >= 4 is 18.3 Å². The number of fused-ring (bicyclic) bond motifs is 1. The van der Waals surface area contributed by atoms with Crippen LogP contribution in [0.5, 0.6) is 0 Å². The largest absolute Gasteiger partial charge is 0.348 e. The number of amides is 1. The summed E-state index contributed by atoms with van der Waals surface area (Å²) in [7, 11) is 0. The molecule has 0 radical (unpaired) electrons. The fraction of sp³-hybridized carbons (Fsp3) is 0.611. The Labute approximate surface area is 139 Å². The summed E-state index contributed by atoms with van der Waals surface area (Å²) in [4.78, 5) is 12.5. The van der Waals surface area contributed by atoms with E-state index in [4.69, 9.17) is 0 Å². The van der Waals surface area contributed by atoms with Gasteiger partial charge in [0, 0.05) is 0 Å². The third-order valence-electron chi connectivity index (χ3n) is 5.07. The highest BCUT2D eigenvalue weighted by molar-refractivity contribution is 5.85. The number of carbonyl (C=O) groups is 1. The van der Waals surface area contributed by atoms with E-state index < -0.39 is 0 Å². The molecule has 0 bridgehead atoms. The van der Waals surface area contributed by atoms with Crippen molar-refractivity contribution in [2.45, 2.75) is 63.5 Å². The third kappa shape index (κ3) is 3.47. The highest BCUT2D eigenvalue weighted by Gasteiger charge is 2.33. The van der Waals surface area contributed by atoms with Crippen LogP contribution in [0, 0.1) is 0 Å². The quantitative estimate of drug-likeness (QED) is 0.875. The second kappa shape index (κ2) is 7.01. The van der Waals surface area contributed by atoms with Gasteiger partial charge in [-0.05, 0) is 48.8 Å². The first-order valence-corrected chi connectivity index (χ1v) is 8.21. The Morgan fingerprint density at radius 1 is 1.23 bits per heavy atom. The average Bonchev–Trinajstić information content (AvgIpc) is 2.51. The van der Waals surface area contributed by atoms with Gasteiger partial charge in [-0.3, -0.25) is 4.79 Å². The third-order valence-corrected chi connectivity index (χ3v) is 5.07. The van der Waals surface area contributed by atoms with Crippen LogP contribution in [0.4, 0.5) is 0 Å². The summed E-state index contributed by atoms with van der Waals surface area (Å²) < 4.78 is 0. The zero-order valence-electron chi connectivity index (χ0n) is 13.5. The molecule has 0 spiro atoms. The lowest BCUT2D eigenvalue weighted by atomic mass is 9.71. The molecule has 1 aromatic rings. The predicted molar refractivity (Wildman–Crippen MR) is 92.5 cm³/mol. The van der Waals surface area contributed by atoms with Crippen LogP contribution in [-0.2, 0) is 10.2 Å². The van der Waals surface area contributed by atoms with Crippen molar-refractivity contribution in [1.29, 1.82) is 0 Å². The number of nitrogens with one attached hydrogen (secondary N) is 2. The SMILES string of the molecule is CC1(C)CCC(NC(=O)C2CCCCN2)c2ccccc21.Cl. The Kier molecular flexibility index (Phi) is 5.51. The molecule has 22 heavy (non-hydrogen) atoms. The molecular weight excluding hydrogens is 296 g/mol. The van der Waals surface area contributed by atoms with Crippen LogP contribution >= 0.6 is 12.4 Å². The van der Waals surface area contributed by atoms with Crippen molar-refractivity contribution in [1.82, 2.24) is 10.6 Å². The maximum atomic E-state index is 12.5. The summed E-state index contributed by atoms with van der Waals surface area (Å²) in [5.41, 5.74) is 2.90. The normalized spacial score (nSPS) is 26.5. The van der Waals surface area contributed by atoms with E-state index in [1.54, 1.807) is 0 Å². The van der Waals surface area contributed by atoms with Crippen molar-refractivity contribution in [3.63, 3.8) is 0 Å². The van der Waals surface area contributed by atoms with Crippen LogP contribution in [0.3, 0.4) is 0 Å². The van der Waals surface area contributed by atoms with E-state index in [-0.39, 0.29) is 35.8 Å². The van der Waals surface area contributed by atoms with Gasteiger partial charge in [0.05, 0.1) is 12.1 Å². The molecule has 0 aromatic heterocycles. The number of hydrogen-bond acceptors (Lipinski definition) is 2. The van der Waals surface area contributed by atoms with E-state index in [0.29, 0.717) is 0 Å². The topological polar surface area (TPSA) is 41.1 Å². The Bertz CT molecular complexity index is 524. The van der Waals surface area contributed by atoms with Crippen LogP contribution in [0.15, 0.2) is 24.3 Å². The lowest BCUT2D eigenvalue weighted by Gasteiger charge is -2.38. The first-order valence-electron chi connectivity index (χ1n) is 8.21. The Hall–Kier alpha value is -1.06. The Morgan fingerprint density at radius 2 is 2.00 bits per heavy atom. The number of benzene rings is 1. The van der Waals surface area contributed by atoms with Crippen LogP contribution in [0.25, 0.3) is 0 Å². The minimum absolute atomic E-state index is 0. The van der Waals surface area contributed by atoms with E-state index in [9.17, 15) is 4.79 Å². The van der Waals surface area contributed by atoms with Crippen molar-refractivity contribution in [2.75, 3.05) is 6.54 Å². The zero-order chi connectivity index (χ0) is 14.9. The minimum Gasteiger partial charge on any atom is -0.348 e. The van der Waals surface area contributed by atoms with Gasteiger partial charge in [-0.1, -0.05) is 44.5 Å². The highest BCUT2D eigenvalue weighted by atomic mass is 35.5. The first kappa shape index (κ1) is 17.3. The van der Waals surface area contributed by atoms with Gasteiger partial charge >= 0.3 is 0 Å². The summed E-state index contributed by atoms with van der Waals surface area (Å²) in [6, 6.07) is 8.75. The summed E-state index contributed by atoms with van der Waals surface area (Å²) >= 11 is 0. The molecule has 1 fully saturated rings. The summed E-state index contributed by atoms with van der Waals surface area (Å²) in [5, 5.41) is 6.62. The molecule has 1 aromatic carbocycles. The van der Waals surface area contributed by atoms with Crippen molar-refractivity contribution < 1.29 is 4.79 Å². The number of hydrogen-bond donors (Lipinski definition) is 2. The second-order valence-electron chi connectivity index (χ2n) is 7.07. The number of carbonyl (C=O) groups excluding carboxylic acids is 1. The van der Waals surface area contributed by atoms with Crippen LogP contribution in [0.1, 0.15) is 63.1 Å². The summed E-state index contributed by atoms with van der Waals surface area (Å²) in [5.74, 6) is 0.175. The fourth-order valence-corrected chi connectivity index (χ4v) is 3.71. The monoisotopic (exact) mass is 322 g/mol. The van der Waals surface area contributed by atoms with Gasteiger partial charge < -0.3 is 10.6 Å². The van der Waals surface area contributed by atoms with Gasteiger partial charge in [0.1, 0.15) is 0 Å². The molecule has 1 saturated heterocycles. The number of halogens is 1. The molecule has 122 valence electrons. The molecule has 0 saturated carbocycles. The maximum Gasteiger partial charge on any atom is 0.237 e. The standard InChI is InChI=1S/C18H26N2O.ClH/c1-18(2)11-10-15(13-7-3-4-8-14(13)18)20-17(21)16-9-5-6-12-19-16;/h3-4,7-8,15-16,19H,5-6,9-12H2,1-2H3,(H,20,21);1H. The lowest BCUT2D eigenvalue weighted by Crippen LogP contribution is -2.48. The van der Waals surface area contributed by atoms with Crippen LogP contribution in [-0.4, -0.2) is 18.5 Å². The van der Waals surface area contributed by atoms with Crippen LogP contribution < -0.4 is 10.6 Å². The average molecular weight is 323 g/mol. The Balaban J connectivity index is 0.00000176. The zero-order valence-corrected chi connectivity index (χ0v) is 14.3. The van der Waals surface area contributed by atoms with E-state index in [1.165, 1.54) is 17.5 Å². The molecule has 3 rings (SSSR count). The molecule has 1 heterocycles. The van der Waals surface area contributed by atoms with E-state index >= 15 is 0 Å². The number of rotatable bonds is 2. The van der Waals surface area contributed by atoms with E-state index in [0.717, 1.165) is 32.2 Å². The molecule has 2 aliphatic rings. The van der Waals surface area contributed by atoms with Crippen LogP contribution in [0.2, 0.25) is 0 Å². The van der Waals surface area contributed by atoms with E-state index in [2.05, 4.69) is 48.7 Å². The molecule has 2 unspecified atom stereocenters. The summed E-state index contributed by atoms with van der Waals surface area (Å²) in [6.45, 7) is 5.56. The maximum absolute atomic E-state index is 12.5. The smallest absolute Gasteiger partial charge is 0.237 e. The van der Waals surface area contributed by atoms with E-state index in [1.807, 2.05) is 0 Å². The van der Waals surface area contributed by atoms with Crippen molar-refractivity contribution in [3.8, 4) is 0 Å². The molecule has 4 heteroatoms. The predicted octanol–water partition coefficient (Wildman–Crippen LogP) is 3.48. The van der Waals surface area contributed by atoms with Gasteiger partial charge in [0.2, 0.25) is 5.91 Å². The number of piperidine rings is 1. The minimum atomic E-state index is 0. The Morgan fingerprint density at radius 3 is 2.73 bits per heavy atom. The van der Waals surface area contributed by atoms with Crippen molar-refractivity contribution in [2.24, 2.45) is 0 Å². The van der Waals surface area contributed by atoms with Gasteiger partial charge in [-0.25, -0.2) is 0 Å². The molecular formula is C18H27ClN2O. The second-order valence-corrected chi connectivity index (χ2v) is 7.07. The molecule has 1 aliphatic carbocycles. The summed E-state index contributed by atoms with van der Waals surface area (Å²) in [6.07, 6.45) is 5.45. The molecule has 2 atom stereocenters. The molecule has 3 nitrogen and oxygen atoms in total. The van der Waals surface area contributed by atoms with Gasteiger partial charge in [0.15, 0.2) is 0 Å². The first-order chi connectivity index (χ1) is 10.1. The van der Waals surface area contributed by atoms with Gasteiger partial charge in [0.25, 0.3) is 0 Å². The lowest BCUT2D eigenvalue weighted by molar-refractivity contribution is -0.124.